The Labute approximate surface area is 157 Å². The fourth-order valence-electron chi connectivity index (χ4n) is 8.93. The summed E-state index contributed by atoms with van der Waals surface area (Å²) in [4.78, 5) is 26.9. The molecule has 4 aliphatic carbocycles. The summed E-state index contributed by atoms with van der Waals surface area (Å²) >= 11 is 0. The lowest BCUT2D eigenvalue weighted by Crippen LogP contribution is -2.52. The minimum atomic E-state index is -0.742. The van der Waals surface area contributed by atoms with Gasteiger partial charge in [0.1, 0.15) is 0 Å². The van der Waals surface area contributed by atoms with Gasteiger partial charge in [0, 0.05) is 33.1 Å². The molecule has 7 heteroatoms. The maximum absolute atomic E-state index is 13.4. The number of nitrogens with zero attached hydrogens (tertiary/aromatic N) is 3. The van der Waals surface area contributed by atoms with Crippen molar-refractivity contribution in [2.75, 3.05) is 11.5 Å². The van der Waals surface area contributed by atoms with E-state index in [1.807, 2.05) is 39.7 Å². The SMILES string of the molecule is O=c1n(-c2ccccc2)c(=O)n2n1[C@H]1[C@H]3C4C5[C@@]16CCS(=O)CC[C@]56[C@@H]2[C@@H]43. The van der Waals surface area contributed by atoms with Gasteiger partial charge in [-0.2, -0.15) is 0 Å². The van der Waals surface area contributed by atoms with E-state index in [-0.39, 0.29) is 34.3 Å². The third-order valence-electron chi connectivity index (χ3n) is 9.29. The van der Waals surface area contributed by atoms with Crippen LogP contribution in [0.4, 0.5) is 0 Å². The second-order valence-electron chi connectivity index (χ2n) is 9.45. The van der Waals surface area contributed by atoms with Gasteiger partial charge in [-0.3, -0.25) is 4.21 Å². The molecule has 4 saturated carbocycles. The first-order valence-electron chi connectivity index (χ1n) is 10.0. The lowest BCUT2D eigenvalue weighted by atomic mass is 9.69. The molecular formula is C20H19N3O3S. The highest BCUT2D eigenvalue weighted by atomic mass is 32.2. The zero-order valence-electron chi connectivity index (χ0n) is 14.7. The number of benzene rings is 1. The van der Waals surface area contributed by atoms with E-state index in [0.717, 1.165) is 24.3 Å². The molecule has 6 nitrogen and oxygen atoms in total. The molecule has 2 spiro atoms. The van der Waals surface area contributed by atoms with Gasteiger partial charge in [0.15, 0.2) is 0 Å². The number of rotatable bonds is 1. The molecule has 0 radical (unpaired) electrons. The summed E-state index contributed by atoms with van der Waals surface area (Å²) in [7, 11) is -0.742. The smallest absolute Gasteiger partial charge is 0.260 e. The van der Waals surface area contributed by atoms with E-state index >= 15 is 0 Å². The van der Waals surface area contributed by atoms with Crippen molar-refractivity contribution in [2.24, 2.45) is 34.5 Å². The standard InChI is InChI=1S/C20H19N3O3S/c24-17-21(10-4-2-1-3-5-10)18(25)23-16-13-11-12(13)15(22(17)23)19-6-8-27(26)9-7-20(16,19)14(11)19/h1-5,11-16H,6-9H2/t11?,12-,13-,14?,15-,16-,19-,20+,27?/m0/s1. The maximum Gasteiger partial charge on any atom is 0.352 e. The van der Waals surface area contributed by atoms with E-state index < -0.39 is 10.8 Å². The fourth-order valence-corrected chi connectivity index (χ4v) is 10.3. The van der Waals surface area contributed by atoms with E-state index in [0.29, 0.717) is 29.4 Å². The van der Waals surface area contributed by atoms with Gasteiger partial charge in [-0.25, -0.2) is 23.5 Å². The van der Waals surface area contributed by atoms with E-state index in [4.69, 9.17) is 0 Å². The van der Waals surface area contributed by atoms with Crippen molar-refractivity contribution in [3.63, 3.8) is 0 Å². The average Bonchev–Trinajstić information content (AvgIpc) is 3.45. The molecule has 2 aromatic rings. The molecule has 27 heavy (non-hydrogen) atoms. The topological polar surface area (TPSA) is 66.0 Å². The molecule has 0 N–H and O–H groups in total. The van der Waals surface area contributed by atoms with Crippen molar-refractivity contribution in [2.45, 2.75) is 24.9 Å². The molecule has 1 saturated heterocycles. The van der Waals surface area contributed by atoms with Crippen molar-refractivity contribution in [3.05, 3.63) is 51.3 Å². The van der Waals surface area contributed by atoms with E-state index in [9.17, 15) is 13.8 Å². The lowest BCUT2D eigenvalue weighted by Gasteiger charge is -2.47. The molecule has 7 aliphatic rings. The van der Waals surface area contributed by atoms with E-state index in [1.165, 1.54) is 4.57 Å². The van der Waals surface area contributed by atoms with Gasteiger partial charge in [-0.15, -0.1) is 0 Å². The molecule has 0 amide bonds. The first-order chi connectivity index (χ1) is 13.1. The normalized spacial score (nSPS) is 51.5. The van der Waals surface area contributed by atoms with E-state index in [2.05, 4.69) is 0 Å². The third kappa shape index (κ3) is 1.11. The van der Waals surface area contributed by atoms with Gasteiger partial charge >= 0.3 is 11.4 Å². The summed E-state index contributed by atoms with van der Waals surface area (Å²) in [5.74, 6) is 4.08. The summed E-state index contributed by atoms with van der Waals surface area (Å²) < 4.78 is 17.4. The van der Waals surface area contributed by atoms with Crippen LogP contribution >= 0.6 is 0 Å². The molecule has 3 aliphatic heterocycles. The van der Waals surface area contributed by atoms with Crippen LogP contribution in [0.1, 0.15) is 24.9 Å². The van der Waals surface area contributed by atoms with E-state index in [1.54, 1.807) is 0 Å². The van der Waals surface area contributed by atoms with Gasteiger partial charge in [-0.1, -0.05) is 18.2 Å². The second-order valence-corrected chi connectivity index (χ2v) is 11.1. The predicted octanol–water partition coefficient (Wildman–Crippen LogP) is 0.931. The molecule has 1 aromatic carbocycles. The van der Waals surface area contributed by atoms with Crippen molar-refractivity contribution >= 4 is 10.8 Å². The van der Waals surface area contributed by atoms with Crippen LogP contribution in [0.3, 0.4) is 0 Å². The summed E-state index contributed by atoms with van der Waals surface area (Å²) in [6.07, 6.45) is 1.95. The summed E-state index contributed by atoms with van der Waals surface area (Å²) in [6, 6.07) is 9.62. The Morgan fingerprint density at radius 2 is 1.41 bits per heavy atom. The van der Waals surface area contributed by atoms with Crippen LogP contribution in [0.5, 0.6) is 0 Å². The van der Waals surface area contributed by atoms with Crippen LogP contribution in [0.2, 0.25) is 0 Å². The molecule has 9 rings (SSSR count). The number of para-hydroxylation sites is 1. The van der Waals surface area contributed by atoms with Crippen LogP contribution in [-0.2, 0) is 10.8 Å². The molecule has 138 valence electrons. The Balaban J connectivity index is 1.43. The van der Waals surface area contributed by atoms with Gasteiger partial charge in [0.25, 0.3) is 0 Å². The first kappa shape index (κ1) is 14.2. The van der Waals surface area contributed by atoms with Gasteiger partial charge in [0.2, 0.25) is 0 Å². The van der Waals surface area contributed by atoms with Gasteiger partial charge in [-0.05, 0) is 48.6 Å². The number of hydrogen-bond donors (Lipinski definition) is 0. The summed E-state index contributed by atoms with van der Waals surface area (Å²) in [6.45, 7) is 0. The molecule has 1 aromatic heterocycles. The third-order valence-corrected chi connectivity index (χ3v) is 10.6. The highest BCUT2D eigenvalue weighted by molar-refractivity contribution is 7.84. The van der Waals surface area contributed by atoms with Crippen molar-refractivity contribution in [1.29, 1.82) is 0 Å². The first-order valence-corrected chi connectivity index (χ1v) is 11.5. The highest BCUT2D eigenvalue weighted by Gasteiger charge is 3.02. The summed E-state index contributed by atoms with van der Waals surface area (Å²) in [5.41, 5.74) is 0.602. The molecule has 2 bridgehead atoms. The lowest BCUT2D eigenvalue weighted by molar-refractivity contribution is -0.00192. The van der Waals surface area contributed by atoms with Crippen LogP contribution in [0.25, 0.3) is 5.69 Å². The Hall–Kier alpha value is -1.89. The summed E-state index contributed by atoms with van der Waals surface area (Å²) in [5, 5.41) is 0. The van der Waals surface area contributed by atoms with Gasteiger partial charge < -0.3 is 0 Å². The maximum atomic E-state index is 13.4. The fraction of sp³-hybridized carbons (Fsp3) is 0.600. The zero-order valence-corrected chi connectivity index (χ0v) is 15.5. The predicted molar refractivity (Wildman–Crippen MR) is 98.3 cm³/mol. The Bertz CT molecular complexity index is 1140. The highest BCUT2D eigenvalue weighted by Crippen LogP contribution is 3.03. The Morgan fingerprint density at radius 3 is 1.96 bits per heavy atom. The molecular weight excluding hydrogens is 362 g/mol. The molecule has 5 fully saturated rings. The monoisotopic (exact) mass is 381 g/mol. The quantitative estimate of drug-likeness (QED) is 0.738. The van der Waals surface area contributed by atoms with Crippen molar-refractivity contribution < 1.29 is 4.21 Å². The zero-order chi connectivity index (χ0) is 17.9. The largest absolute Gasteiger partial charge is 0.352 e. The molecule has 4 heterocycles. The number of aromatic nitrogens is 3. The average molecular weight is 381 g/mol. The van der Waals surface area contributed by atoms with Crippen molar-refractivity contribution in [3.8, 4) is 5.69 Å². The van der Waals surface area contributed by atoms with Crippen LogP contribution in [0, 0.1) is 34.5 Å². The minimum absolute atomic E-state index is 0.146. The van der Waals surface area contributed by atoms with Crippen LogP contribution < -0.4 is 11.4 Å². The Kier molecular flexibility index (Phi) is 2.00. The Morgan fingerprint density at radius 1 is 0.852 bits per heavy atom. The number of hydrogen-bond acceptors (Lipinski definition) is 3. The van der Waals surface area contributed by atoms with Crippen LogP contribution in [0.15, 0.2) is 39.9 Å². The van der Waals surface area contributed by atoms with Crippen molar-refractivity contribution in [1.82, 2.24) is 13.9 Å². The minimum Gasteiger partial charge on any atom is -0.260 e. The van der Waals surface area contributed by atoms with Crippen LogP contribution in [-0.4, -0.2) is 29.6 Å². The van der Waals surface area contributed by atoms with Gasteiger partial charge in [0.05, 0.1) is 17.8 Å². The molecule has 3 unspecified atom stereocenters. The molecule has 9 atom stereocenters. The second kappa shape index (κ2) is 3.81.